The van der Waals surface area contributed by atoms with E-state index >= 15 is 0 Å². The van der Waals surface area contributed by atoms with Crippen molar-refractivity contribution in [3.8, 4) is 0 Å². The predicted molar refractivity (Wildman–Crippen MR) is 251 cm³/mol. The summed E-state index contributed by atoms with van der Waals surface area (Å²) in [7, 11) is 1.61. The van der Waals surface area contributed by atoms with Crippen molar-refractivity contribution >= 4 is 76.6 Å². The Hall–Kier alpha value is -4.82. The van der Waals surface area contributed by atoms with Crippen LogP contribution in [0.4, 0.5) is 10.5 Å². The van der Waals surface area contributed by atoms with Gasteiger partial charge in [-0.1, -0.05) is 55.3 Å². The van der Waals surface area contributed by atoms with Crippen molar-refractivity contribution in [1.82, 2.24) is 15.3 Å². The van der Waals surface area contributed by atoms with E-state index in [0.717, 1.165) is 16.7 Å². The maximum absolute atomic E-state index is 14.2. The second-order valence-electron chi connectivity index (χ2n) is 19.6. The van der Waals surface area contributed by atoms with Crippen LogP contribution in [0.1, 0.15) is 104 Å². The number of aryl methyl sites for hydroxylation is 1. The van der Waals surface area contributed by atoms with Crippen molar-refractivity contribution in [1.29, 1.82) is 0 Å². The number of carbonyl (C=O) groups is 8. The van der Waals surface area contributed by atoms with E-state index in [-0.39, 0.29) is 68.7 Å². The quantitative estimate of drug-likeness (QED) is 0.125. The number of epoxide rings is 1. The smallest absolute Gasteiger partial charge is 0.409 e. The number of halogens is 1. The number of anilines is 1. The molecule has 69 heavy (non-hydrogen) atoms. The fourth-order valence-electron chi connectivity index (χ4n) is 9.90. The molecule has 376 valence electrons. The minimum Gasteiger partial charge on any atom is -0.457 e. The lowest BCUT2D eigenvalue weighted by atomic mass is 9.82. The molecule has 1 aromatic rings. The van der Waals surface area contributed by atoms with Gasteiger partial charge in [0, 0.05) is 56.9 Å². The van der Waals surface area contributed by atoms with Gasteiger partial charge in [-0.25, -0.2) is 14.4 Å². The van der Waals surface area contributed by atoms with Gasteiger partial charge in [-0.3, -0.25) is 34.2 Å². The van der Waals surface area contributed by atoms with Crippen LogP contribution in [0.3, 0.4) is 0 Å². The van der Waals surface area contributed by atoms with Crippen LogP contribution in [0.2, 0.25) is 5.02 Å². The van der Waals surface area contributed by atoms with Crippen LogP contribution in [0, 0.1) is 30.6 Å². The number of rotatable bonds is 11. The zero-order valence-corrected chi connectivity index (χ0v) is 41.7. The van der Waals surface area contributed by atoms with E-state index in [1.165, 1.54) is 28.5 Å². The SMILES string of the molecule is C/C1=C\C=C\[C@@H](C)[C@@]2(O)CC(OC(=O)N2)[C@@H](C)[C@@H]2O[C@@]2(C)[C@@H](OC(=O)[C@H](C)OCCSC2CC(=O)N(C[C@H]3CC[C@H](C(=O)ON4C(=O)CCC4=O)CC3)C2=O)CC(=O)N(C)c2cc(cc(C)c2Cl)C1. The van der Waals surface area contributed by atoms with Crippen molar-refractivity contribution in [2.45, 2.75) is 147 Å². The van der Waals surface area contributed by atoms with Gasteiger partial charge in [-0.2, -0.15) is 0 Å². The molecule has 1 aromatic carbocycles. The Morgan fingerprint density at radius 2 is 1.70 bits per heavy atom. The van der Waals surface area contributed by atoms with E-state index in [4.69, 9.17) is 35.4 Å². The van der Waals surface area contributed by atoms with E-state index in [1.807, 2.05) is 51.1 Å². The van der Waals surface area contributed by atoms with Gasteiger partial charge in [0.2, 0.25) is 17.7 Å². The highest BCUT2D eigenvalue weighted by molar-refractivity contribution is 8.00. The molecule has 1 aliphatic carbocycles. The molecular weight excluding hydrogens is 936 g/mol. The summed E-state index contributed by atoms with van der Waals surface area (Å²) in [6.45, 7) is 11.0. The monoisotopic (exact) mass is 998 g/mol. The molecule has 20 heteroatoms. The molecule has 5 fully saturated rings. The number of nitrogens with one attached hydrogen (secondary N) is 1. The summed E-state index contributed by atoms with van der Waals surface area (Å²) in [5, 5.41) is 14.6. The summed E-state index contributed by atoms with van der Waals surface area (Å²) in [6, 6.07) is 3.81. The number of benzene rings is 1. The van der Waals surface area contributed by atoms with Crippen molar-refractivity contribution in [2.24, 2.45) is 23.7 Å². The Morgan fingerprint density at radius 1 is 1.00 bits per heavy atom. The van der Waals surface area contributed by atoms with Crippen LogP contribution in [-0.2, 0) is 63.8 Å². The van der Waals surface area contributed by atoms with Gasteiger partial charge in [0.25, 0.3) is 11.8 Å². The summed E-state index contributed by atoms with van der Waals surface area (Å²) in [5.74, 6) is -4.72. The van der Waals surface area contributed by atoms with Crippen LogP contribution in [0.15, 0.2) is 35.9 Å². The number of thioether (sulfide) groups is 1. The number of alkyl carbamates (subject to hydrolysis) is 1. The lowest BCUT2D eigenvalue weighted by Crippen LogP contribution is -2.60. The Bertz CT molecular complexity index is 2290. The number of aliphatic hydroxyl groups is 1. The topological polar surface area (TPSA) is 228 Å². The number of amides is 6. The number of nitrogens with zero attached hydrogens (tertiary/aromatic N) is 3. The molecule has 0 aromatic heterocycles. The number of hydrogen-bond donors (Lipinski definition) is 2. The van der Waals surface area contributed by atoms with E-state index in [2.05, 4.69) is 5.32 Å². The zero-order valence-electron chi connectivity index (χ0n) is 40.2. The largest absolute Gasteiger partial charge is 0.457 e. The van der Waals surface area contributed by atoms with Crippen molar-refractivity contribution < 1.29 is 67.2 Å². The number of allylic oxidation sites excluding steroid dienone is 3. The molecule has 4 bridgehead atoms. The van der Waals surface area contributed by atoms with E-state index < -0.39 is 94.5 Å². The van der Waals surface area contributed by atoms with Crippen LogP contribution in [-0.4, -0.2) is 130 Å². The second kappa shape index (κ2) is 21.3. The molecule has 2 N–H and O–H groups in total. The van der Waals surface area contributed by atoms with Gasteiger partial charge in [-0.15, -0.1) is 16.8 Å². The molecule has 9 atom stereocenters. The Kier molecular flexibility index (Phi) is 16.0. The third kappa shape index (κ3) is 11.7. The molecular formula is C49H63ClN4O14S. The third-order valence-electron chi connectivity index (χ3n) is 14.5. The predicted octanol–water partition coefficient (Wildman–Crippen LogP) is 5.27. The van der Waals surface area contributed by atoms with Crippen LogP contribution >= 0.6 is 23.4 Å². The standard InChI is InChI=1S/C49H63ClN4O14S/c1-26-9-8-10-28(3)49(63)24-35(65-47(62)51-49)29(4)43-48(6,67-43)37(23-40(57)52(7)34-21-32(19-26)20-27(2)42(34)50)66-45(60)30(5)64-17-18-69-36-22-41(58)53(44(36)59)25-31-11-13-33(14-12-31)46(61)68-54-38(55)15-16-39(54)56/h8-10,20-21,28-31,33,35-37,43,63H,11-19,22-25H2,1-7H3,(H,51,62)/b10-8+,26-9+/t28-,29-,30+,31-,33-,35?,36?,37+,43+,48+,49+/m1/s1. The molecule has 2 unspecified atom stereocenters. The maximum atomic E-state index is 14.2. The van der Waals surface area contributed by atoms with Crippen molar-refractivity contribution in [3.05, 3.63) is 52.1 Å². The Balaban J connectivity index is 0.958. The molecule has 5 aliphatic heterocycles. The Labute approximate surface area is 411 Å². The number of ether oxygens (including phenoxy) is 4. The van der Waals surface area contributed by atoms with E-state index in [1.54, 1.807) is 20.9 Å². The first kappa shape index (κ1) is 52.0. The number of imide groups is 2. The molecule has 5 heterocycles. The minimum absolute atomic E-state index is 0.0108. The fraction of sp³-hybridized carbons (Fsp3) is 0.633. The van der Waals surface area contributed by atoms with E-state index in [0.29, 0.717) is 47.9 Å². The molecule has 6 amide bonds. The number of likely N-dealkylation sites (tertiary alicyclic amines) is 1. The minimum atomic E-state index is -1.64. The van der Waals surface area contributed by atoms with Gasteiger partial charge < -0.3 is 33.8 Å². The number of esters is 1. The highest BCUT2D eigenvalue weighted by atomic mass is 35.5. The summed E-state index contributed by atoms with van der Waals surface area (Å²) < 4.78 is 24.0. The van der Waals surface area contributed by atoms with Gasteiger partial charge in [-0.05, 0) is 82.9 Å². The summed E-state index contributed by atoms with van der Waals surface area (Å²) >= 11 is 8.06. The molecule has 0 spiro atoms. The summed E-state index contributed by atoms with van der Waals surface area (Å²) in [6.07, 6.45) is 3.44. The number of carbonyl (C=O) groups excluding carboxylic acids is 8. The molecule has 7 rings (SSSR count). The van der Waals surface area contributed by atoms with Crippen LogP contribution < -0.4 is 10.2 Å². The van der Waals surface area contributed by atoms with E-state index in [9.17, 15) is 43.5 Å². The first-order valence-electron chi connectivity index (χ1n) is 23.7. The molecule has 18 nitrogen and oxygen atoms in total. The lowest BCUT2D eigenvalue weighted by Gasteiger charge is -2.41. The maximum Gasteiger partial charge on any atom is 0.409 e. The third-order valence-corrected chi connectivity index (χ3v) is 16.1. The van der Waals surface area contributed by atoms with Gasteiger partial charge >= 0.3 is 18.0 Å². The average molecular weight is 1000 g/mol. The molecule has 0 radical (unpaired) electrons. The second-order valence-corrected chi connectivity index (χ2v) is 21.3. The Morgan fingerprint density at radius 3 is 2.39 bits per heavy atom. The molecule has 6 aliphatic rings. The van der Waals surface area contributed by atoms with Gasteiger partial charge in [0.1, 0.15) is 23.5 Å². The summed E-state index contributed by atoms with van der Waals surface area (Å²) in [4.78, 5) is 112. The van der Waals surface area contributed by atoms with Crippen molar-refractivity contribution in [2.75, 3.05) is 30.9 Å². The number of hydroxylamine groups is 2. The van der Waals surface area contributed by atoms with Crippen LogP contribution in [0.5, 0.6) is 0 Å². The highest BCUT2D eigenvalue weighted by Gasteiger charge is 2.64. The first-order valence-corrected chi connectivity index (χ1v) is 25.1. The molecule has 1 saturated carbocycles. The highest BCUT2D eigenvalue weighted by Crippen LogP contribution is 2.49. The van der Waals surface area contributed by atoms with Crippen LogP contribution in [0.25, 0.3) is 0 Å². The fourth-order valence-corrected chi connectivity index (χ4v) is 11.1. The average Bonchev–Trinajstić information content (AvgIpc) is 3.81. The number of hydrogen-bond acceptors (Lipinski definition) is 15. The number of fused-ring (bicyclic) bond motifs is 5. The summed E-state index contributed by atoms with van der Waals surface area (Å²) in [5.41, 5.74) is 0.314. The zero-order chi connectivity index (χ0) is 50.1. The first-order chi connectivity index (χ1) is 32.6. The molecule has 4 saturated heterocycles. The normalized spacial score (nSPS) is 33.8. The lowest BCUT2D eigenvalue weighted by molar-refractivity contribution is -0.201. The van der Waals surface area contributed by atoms with Crippen molar-refractivity contribution in [3.63, 3.8) is 0 Å². The van der Waals surface area contributed by atoms with Gasteiger partial charge in [0.15, 0.2) is 6.10 Å². The van der Waals surface area contributed by atoms with Gasteiger partial charge in [0.05, 0.1) is 41.0 Å².